The largest absolute Gasteiger partial charge is 0.545 e. The summed E-state index contributed by atoms with van der Waals surface area (Å²) in [5.41, 5.74) is -0.0154. The minimum atomic E-state index is -1.47. The average molecular weight is 606 g/mol. The van der Waals surface area contributed by atoms with Gasteiger partial charge < -0.3 is 24.6 Å². The molecule has 0 aliphatic rings. The summed E-state index contributed by atoms with van der Waals surface area (Å²) in [5, 5.41) is 29.8. The van der Waals surface area contributed by atoms with Gasteiger partial charge >= 0.3 is 0 Å². The van der Waals surface area contributed by atoms with E-state index in [-0.39, 0.29) is 23.3 Å². The van der Waals surface area contributed by atoms with Crippen molar-refractivity contribution in [3.63, 3.8) is 0 Å². The lowest BCUT2D eigenvalue weighted by Gasteiger charge is -2.32. The van der Waals surface area contributed by atoms with Crippen LogP contribution in [0.15, 0.2) is 18.2 Å². The number of aliphatic hydroxyl groups excluding tert-OH is 1. The van der Waals surface area contributed by atoms with Crippen molar-refractivity contribution in [3.05, 3.63) is 29.3 Å². The molecule has 1 aromatic rings. The van der Waals surface area contributed by atoms with Gasteiger partial charge in [0.05, 0.1) is 26.6 Å². The van der Waals surface area contributed by atoms with Crippen LogP contribution in [0.2, 0.25) is 0 Å². The number of aromatic hydroxyl groups is 1. The summed E-state index contributed by atoms with van der Waals surface area (Å²) in [6.45, 7) is 7.45. The average Bonchev–Trinajstić information content (AvgIpc) is 2.97. The number of quaternary nitrogens is 1. The fourth-order valence-corrected chi connectivity index (χ4v) is 5.16. The molecule has 6 nitrogen and oxygen atoms in total. The number of carboxylic acid groups (broad SMARTS) is 1. The Labute approximate surface area is 264 Å². The molecule has 2 N–H and O–H groups in total. The van der Waals surface area contributed by atoms with Crippen LogP contribution in [-0.4, -0.2) is 53.3 Å². The number of rotatable bonds is 26. The number of aromatic carboxylic acids is 1. The number of benzene rings is 1. The van der Waals surface area contributed by atoms with Crippen LogP contribution in [0.1, 0.15) is 183 Å². The van der Waals surface area contributed by atoms with Crippen molar-refractivity contribution in [3.8, 4) is 5.75 Å². The number of unbranched alkanes of at least 4 members (excludes halogenated alkanes) is 19. The van der Waals surface area contributed by atoms with Crippen LogP contribution >= 0.6 is 0 Å². The molecule has 1 aromatic carbocycles. The van der Waals surface area contributed by atoms with Gasteiger partial charge in [-0.25, -0.2) is 0 Å². The van der Waals surface area contributed by atoms with Crippen molar-refractivity contribution in [1.29, 1.82) is 0 Å². The molecule has 6 heteroatoms. The highest BCUT2D eigenvalue weighted by molar-refractivity contribution is 5.99. The van der Waals surface area contributed by atoms with Gasteiger partial charge in [-0.1, -0.05) is 129 Å². The lowest BCUT2D eigenvalue weighted by atomic mass is 10.0. The van der Waals surface area contributed by atoms with Crippen molar-refractivity contribution in [1.82, 2.24) is 0 Å². The van der Waals surface area contributed by atoms with E-state index >= 15 is 0 Å². The molecule has 0 saturated carbocycles. The van der Waals surface area contributed by atoms with Crippen LogP contribution in [0, 0.1) is 0 Å². The fourth-order valence-electron chi connectivity index (χ4n) is 5.16. The molecule has 0 aliphatic carbocycles. The maximum absolute atomic E-state index is 12.0. The molecule has 1 rings (SSSR count). The van der Waals surface area contributed by atoms with Gasteiger partial charge in [0.2, 0.25) is 0 Å². The summed E-state index contributed by atoms with van der Waals surface area (Å²) in [5.74, 6) is -1.94. The molecular formula is C37H67NO5. The van der Waals surface area contributed by atoms with Crippen LogP contribution < -0.4 is 5.11 Å². The molecule has 0 heterocycles. The lowest BCUT2D eigenvalue weighted by Crippen LogP contribution is -2.47. The van der Waals surface area contributed by atoms with E-state index in [0.29, 0.717) is 12.0 Å². The second kappa shape index (κ2) is 26.5. The third-order valence-corrected chi connectivity index (χ3v) is 8.65. The number of ketones is 1. The summed E-state index contributed by atoms with van der Waals surface area (Å²) in [6.07, 6.45) is 27.7. The minimum absolute atomic E-state index is 0.0916. The monoisotopic (exact) mass is 606 g/mol. The Morgan fingerprint density at radius 1 is 0.698 bits per heavy atom. The van der Waals surface area contributed by atoms with E-state index in [1.165, 1.54) is 134 Å². The van der Waals surface area contributed by atoms with Crippen LogP contribution in [0.25, 0.3) is 0 Å². The molecule has 0 bridgehead atoms. The van der Waals surface area contributed by atoms with Crippen molar-refractivity contribution in [2.45, 2.75) is 168 Å². The fraction of sp³-hybridized carbons (Fsp3) is 0.784. The van der Waals surface area contributed by atoms with Gasteiger partial charge in [0.25, 0.3) is 0 Å². The number of aliphatic hydroxyl groups is 1. The Kier molecular flexibility index (Phi) is 25.3. The van der Waals surface area contributed by atoms with Crippen molar-refractivity contribution in [2.24, 2.45) is 0 Å². The van der Waals surface area contributed by atoms with E-state index in [9.17, 15) is 24.9 Å². The molecule has 0 saturated heterocycles. The zero-order valence-electron chi connectivity index (χ0n) is 28.6. The third-order valence-electron chi connectivity index (χ3n) is 8.65. The molecule has 250 valence electrons. The van der Waals surface area contributed by atoms with E-state index in [1.54, 1.807) is 0 Å². The van der Waals surface area contributed by atoms with Crippen LogP contribution in [0.4, 0.5) is 0 Å². The van der Waals surface area contributed by atoms with Gasteiger partial charge in [-0.2, -0.15) is 0 Å². The Hall–Kier alpha value is -1.92. The predicted molar refractivity (Wildman–Crippen MR) is 178 cm³/mol. The maximum atomic E-state index is 12.0. The van der Waals surface area contributed by atoms with Crippen LogP contribution in [0.5, 0.6) is 5.75 Å². The summed E-state index contributed by atoms with van der Waals surface area (Å²) in [6, 6.07) is 3.86. The number of carboxylic acids is 1. The lowest BCUT2D eigenvalue weighted by molar-refractivity contribution is -0.934. The Morgan fingerprint density at radius 3 is 1.49 bits per heavy atom. The van der Waals surface area contributed by atoms with Gasteiger partial charge in [0, 0.05) is 24.5 Å². The summed E-state index contributed by atoms with van der Waals surface area (Å²) < 4.78 is 0.734. The highest BCUT2D eigenvalue weighted by Gasteiger charge is 2.20. The van der Waals surface area contributed by atoms with Crippen LogP contribution in [-0.2, 0) is 0 Å². The van der Waals surface area contributed by atoms with Gasteiger partial charge in [-0.15, -0.1) is 0 Å². The molecule has 1 unspecified atom stereocenters. The van der Waals surface area contributed by atoms with E-state index in [2.05, 4.69) is 27.9 Å². The number of carbonyl (C=O) groups is 2. The Bertz CT molecular complexity index is 836. The maximum Gasteiger partial charge on any atom is 0.187 e. The smallest absolute Gasteiger partial charge is 0.187 e. The zero-order valence-corrected chi connectivity index (χ0v) is 28.6. The number of nitrogens with zero attached hydrogens (tertiary/aromatic N) is 1. The number of carbonyl (C=O) groups excluding carboxylic acids is 2. The molecule has 0 fully saturated rings. The molecule has 0 amide bonds. The van der Waals surface area contributed by atoms with Crippen molar-refractivity contribution >= 4 is 11.8 Å². The first-order valence-electron chi connectivity index (χ1n) is 17.6. The Balaban J connectivity index is 0.000000821. The normalized spacial score (nSPS) is 12.0. The SMILES string of the molecule is CCCCCCCCCC(=O)c1ccc(O)c(C(=O)[O-])c1.CCCCCCCCCCCCCCCC[N+](C)(C)C(C)O. The first-order chi connectivity index (χ1) is 20.6. The Morgan fingerprint density at radius 2 is 1.09 bits per heavy atom. The summed E-state index contributed by atoms with van der Waals surface area (Å²) in [7, 11) is 4.24. The van der Waals surface area contributed by atoms with E-state index in [1.807, 2.05) is 6.92 Å². The third kappa shape index (κ3) is 22.3. The molecular weight excluding hydrogens is 538 g/mol. The number of hydrogen-bond acceptors (Lipinski definition) is 5. The molecule has 0 aliphatic heterocycles. The molecule has 0 radical (unpaired) electrons. The standard InChI is InChI=1S/C20H44NO.C17H24O4/c1-5-6-7-8-9-10-11-12-13-14-15-16-17-18-19-21(3,4)20(2)22;1-2-3-4-5-6-7-8-9-15(18)13-10-11-16(19)14(12-13)17(20)21/h20,22H,5-19H2,1-4H3;10-12,19H,2-9H2,1H3,(H,20,21)/q+1;/p-1. The van der Waals surface area contributed by atoms with E-state index in [4.69, 9.17) is 0 Å². The molecule has 0 aromatic heterocycles. The second-order valence-electron chi connectivity index (χ2n) is 13.0. The number of hydrogen-bond donors (Lipinski definition) is 2. The first-order valence-corrected chi connectivity index (χ1v) is 17.6. The van der Waals surface area contributed by atoms with Gasteiger partial charge in [-0.05, 0) is 37.5 Å². The second-order valence-corrected chi connectivity index (χ2v) is 13.0. The van der Waals surface area contributed by atoms with E-state index < -0.39 is 5.97 Å². The van der Waals surface area contributed by atoms with E-state index in [0.717, 1.165) is 30.3 Å². The number of phenols is 1. The van der Waals surface area contributed by atoms with Gasteiger partial charge in [0.15, 0.2) is 12.0 Å². The first kappa shape index (κ1) is 41.1. The van der Waals surface area contributed by atoms with Gasteiger partial charge in [0.1, 0.15) is 5.75 Å². The topological polar surface area (TPSA) is 97.7 Å². The number of Topliss-reactive ketones (excluding diaryl/α,β-unsaturated/α-hetero) is 1. The van der Waals surface area contributed by atoms with Crippen LogP contribution in [0.3, 0.4) is 0 Å². The quantitative estimate of drug-likeness (QED) is 0.0475. The van der Waals surface area contributed by atoms with Crippen molar-refractivity contribution < 1.29 is 29.4 Å². The highest BCUT2D eigenvalue weighted by Crippen LogP contribution is 2.20. The molecule has 0 spiro atoms. The highest BCUT2D eigenvalue weighted by atomic mass is 16.4. The minimum Gasteiger partial charge on any atom is -0.545 e. The zero-order chi connectivity index (χ0) is 32.3. The molecule has 43 heavy (non-hydrogen) atoms. The summed E-state index contributed by atoms with van der Waals surface area (Å²) >= 11 is 0. The molecule has 1 atom stereocenters. The predicted octanol–water partition coefficient (Wildman–Crippen LogP) is 8.96. The van der Waals surface area contributed by atoms with Crippen molar-refractivity contribution in [2.75, 3.05) is 20.6 Å². The van der Waals surface area contributed by atoms with Gasteiger partial charge in [-0.3, -0.25) is 4.79 Å². The summed E-state index contributed by atoms with van der Waals surface area (Å²) in [4.78, 5) is 22.8.